The van der Waals surface area contributed by atoms with Crippen LogP contribution in [-0.2, 0) is 12.4 Å². The lowest BCUT2D eigenvalue weighted by Crippen LogP contribution is -2.01. The molecule has 0 unspecified atom stereocenters. The summed E-state index contributed by atoms with van der Waals surface area (Å²) in [4.78, 5) is 3.74. The highest BCUT2D eigenvalue weighted by molar-refractivity contribution is 6.16. The largest absolute Gasteiger partial charge is 0.261 e. The van der Waals surface area contributed by atoms with Gasteiger partial charge in [-0.3, -0.25) is 4.98 Å². The van der Waals surface area contributed by atoms with Crippen molar-refractivity contribution in [1.82, 2.24) is 20.0 Å². The van der Waals surface area contributed by atoms with Crippen molar-refractivity contribution in [1.29, 1.82) is 0 Å². The summed E-state index contributed by atoms with van der Waals surface area (Å²) in [6.07, 6.45) is 4.47. The maximum atomic E-state index is 12.8. The zero-order chi connectivity index (χ0) is 10.7. The van der Waals surface area contributed by atoms with E-state index in [-0.39, 0.29) is 5.82 Å². The molecular weight excluding hydrogens is 219 g/mol. The SMILES string of the molecule is Fc1cncc(Cn2cc(CCl)nn2)c1. The number of hydrogen-bond acceptors (Lipinski definition) is 3. The van der Waals surface area contributed by atoms with Gasteiger partial charge in [0, 0.05) is 6.20 Å². The summed E-state index contributed by atoms with van der Waals surface area (Å²) in [5.74, 6) is -0.0355. The van der Waals surface area contributed by atoms with Gasteiger partial charge in [-0.15, -0.1) is 16.7 Å². The summed E-state index contributed by atoms with van der Waals surface area (Å²) in [6.45, 7) is 0.439. The zero-order valence-corrected chi connectivity index (χ0v) is 8.52. The van der Waals surface area contributed by atoms with Crippen molar-refractivity contribution >= 4 is 11.6 Å². The molecule has 6 heteroatoms. The van der Waals surface area contributed by atoms with Crippen molar-refractivity contribution in [2.24, 2.45) is 0 Å². The van der Waals surface area contributed by atoms with E-state index in [1.165, 1.54) is 6.07 Å². The van der Waals surface area contributed by atoms with Crippen molar-refractivity contribution in [3.8, 4) is 0 Å². The lowest BCUT2D eigenvalue weighted by atomic mass is 10.3. The second-order valence-electron chi connectivity index (χ2n) is 3.05. The molecule has 0 fully saturated rings. The van der Waals surface area contributed by atoms with Crippen LogP contribution in [0.5, 0.6) is 0 Å². The number of pyridine rings is 1. The molecule has 0 saturated heterocycles. The van der Waals surface area contributed by atoms with Crippen molar-refractivity contribution in [3.05, 3.63) is 41.7 Å². The predicted molar refractivity (Wildman–Crippen MR) is 52.9 cm³/mol. The Bertz CT molecular complexity index is 457. The molecule has 0 aromatic carbocycles. The molecule has 0 spiro atoms. The molecule has 0 aliphatic heterocycles. The van der Waals surface area contributed by atoms with E-state index in [0.29, 0.717) is 18.1 Å². The molecule has 0 radical (unpaired) electrons. The highest BCUT2D eigenvalue weighted by Crippen LogP contribution is 2.04. The third-order valence-corrected chi connectivity index (χ3v) is 2.10. The third kappa shape index (κ3) is 2.50. The molecule has 2 rings (SSSR count). The summed E-state index contributed by atoms with van der Waals surface area (Å²) in [7, 11) is 0. The first-order chi connectivity index (χ1) is 7.28. The van der Waals surface area contributed by atoms with Gasteiger partial charge in [0.25, 0.3) is 0 Å². The Morgan fingerprint density at radius 1 is 1.40 bits per heavy atom. The number of aromatic nitrogens is 4. The van der Waals surface area contributed by atoms with Crippen LogP contribution in [0.15, 0.2) is 24.7 Å². The van der Waals surface area contributed by atoms with Gasteiger partial charge in [0.05, 0.1) is 30.5 Å². The molecule has 0 aliphatic carbocycles. The van der Waals surface area contributed by atoms with E-state index in [1.807, 2.05) is 0 Å². The van der Waals surface area contributed by atoms with Gasteiger partial charge in [0.15, 0.2) is 0 Å². The topological polar surface area (TPSA) is 43.6 Å². The molecule has 0 amide bonds. The Morgan fingerprint density at radius 2 is 2.27 bits per heavy atom. The fraction of sp³-hybridized carbons (Fsp3) is 0.222. The fourth-order valence-electron chi connectivity index (χ4n) is 1.21. The molecular formula is C9H8ClFN4. The summed E-state index contributed by atoms with van der Waals surface area (Å²) in [6, 6.07) is 1.41. The Morgan fingerprint density at radius 3 is 2.93 bits per heavy atom. The molecule has 0 saturated carbocycles. The molecule has 2 aromatic rings. The van der Waals surface area contributed by atoms with Crippen LogP contribution in [0, 0.1) is 5.82 Å². The van der Waals surface area contributed by atoms with Gasteiger partial charge in [-0.1, -0.05) is 5.21 Å². The van der Waals surface area contributed by atoms with Crippen LogP contribution in [0.1, 0.15) is 11.3 Å². The van der Waals surface area contributed by atoms with Gasteiger partial charge in [-0.2, -0.15) is 0 Å². The van der Waals surface area contributed by atoms with E-state index >= 15 is 0 Å². The minimum atomic E-state index is -0.356. The van der Waals surface area contributed by atoms with Gasteiger partial charge in [0.1, 0.15) is 5.82 Å². The zero-order valence-electron chi connectivity index (χ0n) is 7.77. The number of alkyl halides is 1. The lowest BCUT2D eigenvalue weighted by Gasteiger charge is -1.99. The van der Waals surface area contributed by atoms with E-state index in [2.05, 4.69) is 15.3 Å². The second-order valence-corrected chi connectivity index (χ2v) is 3.32. The van der Waals surface area contributed by atoms with Crippen LogP contribution in [0.2, 0.25) is 0 Å². The van der Waals surface area contributed by atoms with Crippen LogP contribution >= 0.6 is 11.6 Å². The van der Waals surface area contributed by atoms with E-state index in [0.717, 1.165) is 11.8 Å². The smallest absolute Gasteiger partial charge is 0.141 e. The number of hydrogen-bond donors (Lipinski definition) is 0. The Hall–Kier alpha value is -1.49. The van der Waals surface area contributed by atoms with E-state index < -0.39 is 0 Å². The van der Waals surface area contributed by atoms with Crippen LogP contribution in [0.25, 0.3) is 0 Å². The molecule has 0 N–H and O–H groups in total. The fourth-order valence-corrected chi connectivity index (χ4v) is 1.33. The number of rotatable bonds is 3. The van der Waals surface area contributed by atoms with Gasteiger partial charge < -0.3 is 0 Å². The molecule has 2 heterocycles. The van der Waals surface area contributed by atoms with Gasteiger partial charge >= 0.3 is 0 Å². The van der Waals surface area contributed by atoms with Crippen LogP contribution < -0.4 is 0 Å². The minimum absolute atomic E-state index is 0.321. The predicted octanol–water partition coefficient (Wildman–Crippen LogP) is 1.60. The Labute approximate surface area is 90.7 Å². The van der Waals surface area contributed by atoms with Crippen LogP contribution in [-0.4, -0.2) is 20.0 Å². The van der Waals surface area contributed by atoms with Gasteiger partial charge in [0.2, 0.25) is 0 Å². The first-order valence-corrected chi connectivity index (χ1v) is 4.86. The van der Waals surface area contributed by atoms with E-state index in [9.17, 15) is 4.39 Å². The van der Waals surface area contributed by atoms with Gasteiger partial charge in [-0.25, -0.2) is 9.07 Å². The maximum absolute atomic E-state index is 12.8. The summed E-state index contributed by atoms with van der Waals surface area (Å²) < 4.78 is 14.4. The molecule has 2 aromatic heterocycles. The summed E-state index contributed by atoms with van der Waals surface area (Å²) in [5.41, 5.74) is 1.43. The van der Waals surface area contributed by atoms with Crippen molar-refractivity contribution < 1.29 is 4.39 Å². The first kappa shape index (κ1) is 10.0. The monoisotopic (exact) mass is 226 g/mol. The quantitative estimate of drug-likeness (QED) is 0.747. The molecule has 0 bridgehead atoms. The Balaban J connectivity index is 2.14. The average Bonchev–Trinajstić information content (AvgIpc) is 2.65. The number of nitrogens with zero attached hydrogens (tertiary/aromatic N) is 4. The lowest BCUT2D eigenvalue weighted by molar-refractivity contribution is 0.607. The summed E-state index contributed by atoms with van der Waals surface area (Å²) in [5, 5.41) is 7.66. The molecule has 15 heavy (non-hydrogen) atoms. The van der Waals surface area contributed by atoms with Gasteiger partial charge in [-0.05, 0) is 11.6 Å². The Kier molecular flexibility index (Phi) is 2.91. The normalized spacial score (nSPS) is 10.5. The first-order valence-electron chi connectivity index (χ1n) is 4.32. The maximum Gasteiger partial charge on any atom is 0.141 e. The van der Waals surface area contributed by atoms with Crippen molar-refractivity contribution in [2.45, 2.75) is 12.4 Å². The molecule has 78 valence electrons. The van der Waals surface area contributed by atoms with Crippen LogP contribution in [0.4, 0.5) is 4.39 Å². The van der Waals surface area contributed by atoms with Crippen LogP contribution in [0.3, 0.4) is 0 Å². The molecule has 4 nitrogen and oxygen atoms in total. The van der Waals surface area contributed by atoms with Crippen molar-refractivity contribution in [3.63, 3.8) is 0 Å². The third-order valence-electron chi connectivity index (χ3n) is 1.83. The number of halogens is 2. The molecule has 0 aliphatic rings. The van der Waals surface area contributed by atoms with E-state index in [1.54, 1.807) is 17.1 Å². The average molecular weight is 227 g/mol. The summed E-state index contributed by atoms with van der Waals surface area (Å²) >= 11 is 5.58. The second kappa shape index (κ2) is 4.35. The highest BCUT2D eigenvalue weighted by Gasteiger charge is 2.01. The van der Waals surface area contributed by atoms with Crippen molar-refractivity contribution in [2.75, 3.05) is 0 Å². The standard InChI is InChI=1S/C9H8ClFN4/c10-2-9-6-15(14-13-9)5-7-1-8(11)4-12-3-7/h1,3-4,6H,2,5H2. The highest BCUT2D eigenvalue weighted by atomic mass is 35.5. The minimum Gasteiger partial charge on any atom is -0.261 e. The van der Waals surface area contributed by atoms with E-state index in [4.69, 9.17) is 11.6 Å². The molecule has 0 atom stereocenters.